The van der Waals surface area contributed by atoms with E-state index < -0.39 is 0 Å². The lowest BCUT2D eigenvalue weighted by Crippen LogP contribution is -1.90. The number of rotatable bonds is 7. The second-order valence-electron chi connectivity index (χ2n) is 4.57. The van der Waals surface area contributed by atoms with Crippen molar-refractivity contribution in [2.75, 3.05) is 11.5 Å². The van der Waals surface area contributed by atoms with Crippen LogP contribution in [-0.2, 0) is 5.75 Å². The predicted molar refractivity (Wildman–Crippen MR) is 91.2 cm³/mol. The highest BCUT2D eigenvalue weighted by Crippen LogP contribution is 2.25. The quantitative estimate of drug-likeness (QED) is 0.447. The predicted octanol–water partition coefficient (Wildman–Crippen LogP) is 4.50. The van der Waals surface area contributed by atoms with Crippen LogP contribution in [0.15, 0.2) is 23.1 Å². The topological polar surface area (TPSA) is 44.5 Å². The van der Waals surface area contributed by atoms with E-state index in [2.05, 4.69) is 47.2 Å². The summed E-state index contributed by atoms with van der Waals surface area (Å²) in [6.07, 6.45) is 1.20. The maximum absolute atomic E-state index is 4.92. The molecule has 0 radical (unpaired) electrons. The molecule has 0 bridgehead atoms. The Labute approximate surface area is 133 Å². The van der Waals surface area contributed by atoms with Gasteiger partial charge in [-0.25, -0.2) is 4.98 Å². The SMILES string of the molecule is Cc1cccc(SCCCSCc2nc(=S)[nH][nH]2)c1C. The first-order valence-corrected chi connectivity index (χ1v) is 9.12. The largest absolute Gasteiger partial charge is 0.285 e. The van der Waals surface area contributed by atoms with E-state index in [9.17, 15) is 0 Å². The zero-order valence-corrected chi connectivity index (χ0v) is 14.2. The first-order chi connectivity index (χ1) is 9.66. The van der Waals surface area contributed by atoms with Crippen LogP contribution in [0, 0.1) is 18.6 Å². The maximum Gasteiger partial charge on any atom is 0.213 e. The molecule has 0 saturated heterocycles. The summed E-state index contributed by atoms with van der Waals surface area (Å²) in [6, 6.07) is 6.52. The minimum absolute atomic E-state index is 0.533. The summed E-state index contributed by atoms with van der Waals surface area (Å²) in [5, 5.41) is 5.78. The number of benzene rings is 1. The van der Waals surface area contributed by atoms with E-state index in [-0.39, 0.29) is 0 Å². The number of nitrogens with one attached hydrogen (secondary N) is 2. The molecule has 0 aliphatic rings. The van der Waals surface area contributed by atoms with Crippen molar-refractivity contribution in [2.45, 2.75) is 30.9 Å². The molecule has 0 aliphatic carbocycles. The van der Waals surface area contributed by atoms with Gasteiger partial charge in [0.05, 0.1) is 5.75 Å². The monoisotopic (exact) mass is 325 g/mol. The second-order valence-corrected chi connectivity index (χ2v) is 7.19. The van der Waals surface area contributed by atoms with Gasteiger partial charge in [0.25, 0.3) is 0 Å². The van der Waals surface area contributed by atoms with Gasteiger partial charge in [0.2, 0.25) is 4.77 Å². The number of aryl methyl sites for hydroxylation is 1. The van der Waals surface area contributed by atoms with E-state index in [1.54, 1.807) is 0 Å². The molecule has 1 heterocycles. The molecule has 6 heteroatoms. The van der Waals surface area contributed by atoms with Crippen LogP contribution in [0.3, 0.4) is 0 Å². The Morgan fingerprint density at radius 2 is 2.05 bits per heavy atom. The van der Waals surface area contributed by atoms with Crippen molar-refractivity contribution >= 4 is 35.7 Å². The lowest BCUT2D eigenvalue weighted by molar-refractivity contribution is 1.02. The molecule has 0 aliphatic heterocycles. The molecule has 1 aromatic carbocycles. The first kappa shape index (κ1) is 15.7. The molecule has 0 spiro atoms. The maximum atomic E-state index is 4.92. The minimum atomic E-state index is 0.533. The summed E-state index contributed by atoms with van der Waals surface area (Å²) >= 11 is 8.76. The fourth-order valence-corrected chi connectivity index (χ4v) is 3.99. The van der Waals surface area contributed by atoms with E-state index in [1.165, 1.54) is 22.4 Å². The van der Waals surface area contributed by atoms with Crippen molar-refractivity contribution in [3.63, 3.8) is 0 Å². The van der Waals surface area contributed by atoms with E-state index in [0.717, 1.165) is 23.1 Å². The summed E-state index contributed by atoms with van der Waals surface area (Å²) in [6.45, 7) is 4.37. The summed E-state index contributed by atoms with van der Waals surface area (Å²) < 4.78 is 0.533. The molecule has 2 N–H and O–H groups in total. The van der Waals surface area contributed by atoms with Gasteiger partial charge in [0.15, 0.2) is 0 Å². The van der Waals surface area contributed by atoms with Gasteiger partial charge in [0, 0.05) is 4.90 Å². The van der Waals surface area contributed by atoms with E-state index in [0.29, 0.717) is 4.77 Å². The molecule has 1 aromatic heterocycles. The average molecular weight is 326 g/mol. The Bertz CT molecular complexity index is 604. The normalized spacial score (nSPS) is 10.9. The van der Waals surface area contributed by atoms with Gasteiger partial charge in [-0.15, -0.1) is 11.8 Å². The first-order valence-electron chi connectivity index (χ1n) is 6.57. The van der Waals surface area contributed by atoms with Crippen LogP contribution in [-0.4, -0.2) is 26.7 Å². The summed E-state index contributed by atoms with van der Waals surface area (Å²) in [7, 11) is 0. The lowest BCUT2D eigenvalue weighted by Gasteiger charge is -2.07. The van der Waals surface area contributed by atoms with Gasteiger partial charge in [-0.05, 0) is 61.2 Å². The Balaban J connectivity index is 1.64. The molecule has 108 valence electrons. The number of hydrogen-bond acceptors (Lipinski definition) is 4. The molecular weight excluding hydrogens is 306 g/mol. The highest BCUT2D eigenvalue weighted by atomic mass is 32.2. The van der Waals surface area contributed by atoms with Crippen molar-refractivity contribution in [1.29, 1.82) is 0 Å². The zero-order chi connectivity index (χ0) is 14.4. The molecule has 2 rings (SSSR count). The molecule has 0 saturated carbocycles. The molecule has 0 atom stereocenters. The van der Waals surface area contributed by atoms with E-state index in [1.807, 2.05) is 23.5 Å². The van der Waals surface area contributed by atoms with Crippen molar-refractivity contribution in [2.24, 2.45) is 0 Å². The third kappa shape index (κ3) is 4.68. The van der Waals surface area contributed by atoms with Crippen LogP contribution < -0.4 is 0 Å². The Hall–Kier alpha value is -0.720. The van der Waals surface area contributed by atoms with E-state index >= 15 is 0 Å². The molecule has 20 heavy (non-hydrogen) atoms. The number of nitrogens with zero attached hydrogens (tertiary/aromatic N) is 1. The van der Waals surface area contributed by atoms with Crippen LogP contribution in [0.2, 0.25) is 0 Å². The van der Waals surface area contributed by atoms with Crippen LogP contribution in [0.4, 0.5) is 0 Å². The van der Waals surface area contributed by atoms with Gasteiger partial charge >= 0.3 is 0 Å². The fraction of sp³-hybridized carbons (Fsp3) is 0.429. The van der Waals surface area contributed by atoms with Gasteiger partial charge in [-0.1, -0.05) is 12.1 Å². The Kier molecular flexibility index (Phi) is 6.19. The Morgan fingerprint density at radius 1 is 1.20 bits per heavy atom. The van der Waals surface area contributed by atoms with Gasteiger partial charge in [-0.2, -0.15) is 11.8 Å². The van der Waals surface area contributed by atoms with Crippen LogP contribution in [0.25, 0.3) is 0 Å². The van der Waals surface area contributed by atoms with Crippen molar-refractivity contribution in [1.82, 2.24) is 15.2 Å². The average Bonchev–Trinajstić information content (AvgIpc) is 2.84. The summed E-state index contributed by atoms with van der Waals surface area (Å²) in [4.78, 5) is 5.58. The third-order valence-corrected chi connectivity index (χ3v) is 5.53. The third-order valence-electron chi connectivity index (χ3n) is 3.03. The second kappa shape index (κ2) is 7.90. The standard InChI is InChI=1S/C14H19N3S3/c1-10-5-3-6-12(11(10)2)20-8-4-7-19-9-13-15-14(18)17-16-13/h3,5-6H,4,7-9H2,1-2H3,(H2,15,16,17,18). The van der Waals surface area contributed by atoms with Gasteiger partial charge in [-0.3, -0.25) is 10.2 Å². The minimum Gasteiger partial charge on any atom is -0.285 e. The number of aromatic amines is 2. The van der Waals surface area contributed by atoms with Crippen molar-refractivity contribution in [3.05, 3.63) is 39.9 Å². The zero-order valence-electron chi connectivity index (χ0n) is 11.7. The molecule has 0 amide bonds. The molecular formula is C14H19N3S3. The highest BCUT2D eigenvalue weighted by Gasteiger charge is 2.01. The van der Waals surface area contributed by atoms with Gasteiger partial charge < -0.3 is 0 Å². The smallest absolute Gasteiger partial charge is 0.213 e. The number of aromatic nitrogens is 3. The molecule has 2 aromatic rings. The fourth-order valence-electron chi connectivity index (χ4n) is 1.76. The number of thioether (sulfide) groups is 2. The van der Waals surface area contributed by atoms with Crippen LogP contribution in [0.1, 0.15) is 23.4 Å². The molecule has 0 unspecified atom stereocenters. The summed E-state index contributed by atoms with van der Waals surface area (Å²) in [5.41, 5.74) is 2.78. The number of hydrogen-bond donors (Lipinski definition) is 2. The van der Waals surface area contributed by atoms with Crippen molar-refractivity contribution < 1.29 is 0 Å². The van der Waals surface area contributed by atoms with Crippen molar-refractivity contribution in [3.8, 4) is 0 Å². The van der Waals surface area contributed by atoms with E-state index in [4.69, 9.17) is 12.2 Å². The molecule has 3 nitrogen and oxygen atoms in total. The summed E-state index contributed by atoms with van der Waals surface area (Å²) in [5.74, 6) is 4.13. The highest BCUT2D eigenvalue weighted by molar-refractivity contribution is 7.99. The van der Waals surface area contributed by atoms with Crippen LogP contribution >= 0.6 is 35.7 Å². The molecule has 0 fully saturated rings. The number of H-pyrrole nitrogens is 2. The van der Waals surface area contributed by atoms with Crippen LogP contribution in [0.5, 0.6) is 0 Å². The lowest BCUT2D eigenvalue weighted by atomic mass is 10.1. The van der Waals surface area contributed by atoms with Gasteiger partial charge in [0.1, 0.15) is 5.82 Å². The Morgan fingerprint density at radius 3 is 2.80 bits per heavy atom.